The summed E-state index contributed by atoms with van der Waals surface area (Å²) < 4.78 is 5.31. The number of carbonyl (C=O) groups is 2. The third-order valence-corrected chi connectivity index (χ3v) is 4.95. The van der Waals surface area contributed by atoms with Crippen molar-refractivity contribution in [2.75, 3.05) is 13.2 Å². The zero-order valence-corrected chi connectivity index (χ0v) is 13.2. The monoisotopic (exact) mass is 317 g/mol. The Kier molecular flexibility index (Phi) is 4.96. The highest BCUT2D eigenvalue weighted by Gasteiger charge is 2.33. The molecule has 1 amide bonds. The Morgan fingerprint density at radius 1 is 1.17 bits per heavy atom. The summed E-state index contributed by atoms with van der Waals surface area (Å²) in [5.74, 6) is -0.0949. The summed E-state index contributed by atoms with van der Waals surface area (Å²) in [6, 6.07) is 7.33. The third kappa shape index (κ3) is 3.91. The predicted octanol–water partition coefficient (Wildman–Crippen LogP) is 2.56. The summed E-state index contributed by atoms with van der Waals surface area (Å²) in [6.45, 7) is 1.52. The molecule has 1 aromatic carbocycles. The van der Waals surface area contributed by atoms with E-state index in [4.69, 9.17) is 4.74 Å². The van der Waals surface area contributed by atoms with Crippen molar-refractivity contribution >= 4 is 11.9 Å². The minimum Gasteiger partial charge on any atom is -0.478 e. The minimum absolute atomic E-state index is 0.117. The number of ether oxygens (including phenoxy) is 1. The molecule has 5 heteroatoms. The van der Waals surface area contributed by atoms with E-state index in [-0.39, 0.29) is 17.9 Å². The summed E-state index contributed by atoms with van der Waals surface area (Å²) >= 11 is 0. The fourth-order valence-electron chi connectivity index (χ4n) is 3.54. The molecule has 23 heavy (non-hydrogen) atoms. The minimum atomic E-state index is -0.882. The van der Waals surface area contributed by atoms with E-state index < -0.39 is 5.97 Å². The van der Waals surface area contributed by atoms with Crippen LogP contribution in [0.3, 0.4) is 0 Å². The van der Waals surface area contributed by atoms with E-state index >= 15 is 0 Å². The lowest BCUT2D eigenvalue weighted by atomic mass is 9.74. The van der Waals surface area contributed by atoms with Gasteiger partial charge in [0.25, 0.3) is 0 Å². The molecule has 1 aliphatic heterocycles. The number of hydrogen-bond donors (Lipinski definition) is 2. The van der Waals surface area contributed by atoms with Crippen LogP contribution in [0.15, 0.2) is 24.3 Å². The quantitative estimate of drug-likeness (QED) is 0.875. The number of rotatable bonds is 5. The second kappa shape index (κ2) is 7.13. The van der Waals surface area contributed by atoms with Crippen molar-refractivity contribution in [2.45, 2.75) is 44.1 Å². The Balaban J connectivity index is 1.47. The van der Waals surface area contributed by atoms with Gasteiger partial charge < -0.3 is 15.2 Å². The van der Waals surface area contributed by atoms with Gasteiger partial charge in [-0.2, -0.15) is 0 Å². The number of carbonyl (C=O) groups excluding carboxylic acids is 1. The molecule has 2 N–H and O–H groups in total. The highest BCUT2D eigenvalue weighted by molar-refractivity contribution is 5.89. The van der Waals surface area contributed by atoms with E-state index in [1.807, 2.05) is 12.1 Å². The van der Waals surface area contributed by atoms with Crippen molar-refractivity contribution in [3.05, 3.63) is 35.4 Å². The van der Waals surface area contributed by atoms with Crippen LogP contribution in [0.25, 0.3) is 0 Å². The van der Waals surface area contributed by atoms with Gasteiger partial charge in [-0.1, -0.05) is 18.2 Å². The maximum atomic E-state index is 12.1. The van der Waals surface area contributed by atoms with Crippen molar-refractivity contribution in [1.29, 1.82) is 0 Å². The van der Waals surface area contributed by atoms with Gasteiger partial charge in [0.1, 0.15) is 0 Å². The van der Waals surface area contributed by atoms with Crippen LogP contribution in [0.5, 0.6) is 0 Å². The highest BCUT2D eigenvalue weighted by atomic mass is 16.5. The van der Waals surface area contributed by atoms with Gasteiger partial charge in [-0.15, -0.1) is 0 Å². The maximum Gasteiger partial charge on any atom is 0.335 e. The van der Waals surface area contributed by atoms with E-state index in [0.29, 0.717) is 17.9 Å². The average molecular weight is 317 g/mol. The summed E-state index contributed by atoms with van der Waals surface area (Å²) in [6.07, 6.45) is 4.16. The molecule has 1 aliphatic carbocycles. The molecule has 1 saturated carbocycles. The number of nitrogens with one attached hydrogen (secondary N) is 1. The van der Waals surface area contributed by atoms with Crippen molar-refractivity contribution in [3.63, 3.8) is 0 Å². The molecule has 0 atom stereocenters. The topological polar surface area (TPSA) is 75.6 Å². The molecule has 3 rings (SSSR count). The molecular weight excluding hydrogens is 294 g/mol. The smallest absolute Gasteiger partial charge is 0.335 e. The van der Waals surface area contributed by atoms with Gasteiger partial charge in [0.05, 0.1) is 5.56 Å². The van der Waals surface area contributed by atoms with Crippen molar-refractivity contribution < 1.29 is 19.4 Å². The van der Waals surface area contributed by atoms with E-state index in [9.17, 15) is 14.7 Å². The summed E-state index contributed by atoms with van der Waals surface area (Å²) in [5.41, 5.74) is 1.26. The van der Waals surface area contributed by atoms with Gasteiger partial charge in [-0.25, -0.2) is 4.79 Å². The van der Waals surface area contributed by atoms with Crippen LogP contribution in [0.4, 0.5) is 0 Å². The van der Waals surface area contributed by atoms with Crippen molar-refractivity contribution in [1.82, 2.24) is 5.32 Å². The fraction of sp³-hybridized carbons (Fsp3) is 0.556. The molecule has 1 saturated heterocycles. The lowest BCUT2D eigenvalue weighted by Crippen LogP contribution is -2.44. The summed E-state index contributed by atoms with van der Waals surface area (Å²) in [5, 5.41) is 12.3. The summed E-state index contributed by atoms with van der Waals surface area (Å²) in [7, 11) is 0. The van der Waals surface area contributed by atoms with Crippen LogP contribution in [0.2, 0.25) is 0 Å². The highest BCUT2D eigenvalue weighted by Crippen LogP contribution is 2.38. The molecule has 2 aliphatic rings. The maximum absolute atomic E-state index is 12.1. The van der Waals surface area contributed by atoms with Gasteiger partial charge in [0.15, 0.2) is 0 Å². The van der Waals surface area contributed by atoms with Crippen LogP contribution < -0.4 is 5.32 Å². The normalized spacial score (nSPS) is 24.7. The first kappa shape index (κ1) is 16.0. The number of benzene rings is 1. The molecule has 1 aromatic rings. The number of carboxylic acid groups (broad SMARTS) is 1. The first-order valence-corrected chi connectivity index (χ1v) is 8.33. The Morgan fingerprint density at radius 2 is 1.87 bits per heavy atom. The standard InChI is InChI=1S/C18H23NO4/c20-17(9-12-5-7-23-8-6-12)19-14-10-13(11-14)15-3-1-2-4-16(15)18(21)22/h1-4,12-14H,5-11H2,(H,19,20)(H,21,22). The predicted molar refractivity (Wildman–Crippen MR) is 85.5 cm³/mol. The molecule has 2 fully saturated rings. The van der Waals surface area contributed by atoms with Crippen LogP contribution in [-0.2, 0) is 9.53 Å². The molecule has 0 bridgehead atoms. The second-order valence-electron chi connectivity index (χ2n) is 6.59. The van der Waals surface area contributed by atoms with Gasteiger partial charge in [0, 0.05) is 25.7 Å². The van der Waals surface area contributed by atoms with Gasteiger partial charge in [-0.05, 0) is 49.1 Å². The van der Waals surface area contributed by atoms with Gasteiger partial charge in [-0.3, -0.25) is 4.79 Å². The van der Waals surface area contributed by atoms with E-state index in [2.05, 4.69) is 5.32 Å². The SMILES string of the molecule is O=C(CC1CCOCC1)NC1CC(c2ccccc2C(=O)O)C1. The zero-order chi connectivity index (χ0) is 16.2. The number of hydrogen-bond acceptors (Lipinski definition) is 3. The molecule has 5 nitrogen and oxygen atoms in total. The number of amides is 1. The molecule has 0 aromatic heterocycles. The largest absolute Gasteiger partial charge is 0.478 e. The Morgan fingerprint density at radius 3 is 2.57 bits per heavy atom. The zero-order valence-electron chi connectivity index (χ0n) is 13.2. The lowest BCUT2D eigenvalue weighted by Gasteiger charge is -2.37. The van der Waals surface area contributed by atoms with Crippen LogP contribution in [0, 0.1) is 5.92 Å². The van der Waals surface area contributed by atoms with Crippen LogP contribution in [0.1, 0.15) is 53.9 Å². The molecule has 1 heterocycles. The van der Waals surface area contributed by atoms with Crippen molar-refractivity contribution in [2.24, 2.45) is 5.92 Å². The van der Waals surface area contributed by atoms with Gasteiger partial charge in [0.2, 0.25) is 5.91 Å². The molecule has 0 spiro atoms. The fourth-order valence-corrected chi connectivity index (χ4v) is 3.54. The van der Waals surface area contributed by atoms with E-state index in [0.717, 1.165) is 44.5 Å². The first-order valence-electron chi connectivity index (χ1n) is 8.33. The Labute approximate surface area is 136 Å². The van der Waals surface area contributed by atoms with E-state index in [1.54, 1.807) is 12.1 Å². The first-order chi connectivity index (χ1) is 11.1. The van der Waals surface area contributed by atoms with Crippen LogP contribution >= 0.6 is 0 Å². The molecular formula is C18H23NO4. The number of carboxylic acids is 1. The Hall–Kier alpha value is -1.88. The average Bonchev–Trinajstić information content (AvgIpc) is 2.51. The van der Waals surface area contributed by atoms with E-state index in [1.165, 1.54) is 0 Å². The van der Waals surface area contributed by atoms with Gasteiger partial charge >= 0.3 is 5.97 Å². The third-order valence-electron chi connectivity index (χ3n) is 4.95. The molecule has 124 valence electrons. The lowest BCUT2D eigenvalue weighted by molar-refractivity contribution is -0.124. The Bertz CT molecular complexity index is 574. The molecule has 0 radical (unpaired) electrons. The second-order valence-corrected chi connectivity index (χ2v) is 6.59. The molecule has 0 unspecified atom stereocenters. The van der Waals surface area contributed by atoms with Crippen LogP contribution in [-0.4, -0.2) is 36.2 Å². The summed E-state index contributed by atoms with van der Waals surface area (Å²) in [4.78, 5) is 23.4. The number of aromatic carboxylic acids is 1. The van der Waals surface area contributed by atoms with Crippen molar-refractivity contribution in [3.8, 4) is 0 Å².